The minimum Gasteiger partial charge on any atom is -0.203 e. The number of halogens is 23. The molecule has 0 unspecified atom stereocenters. The van der Waals surface area contributed by atoms with E-state index in [1.165, 1.54) is 0 Å². The zero-order valence-corrected chi connectivity index (χ0v) is 29.4. The van der Waals surface area contributed by atoms with Crippen molar-refractivity contribution in [3.8, 4) is 0 Å². The van der Waals surface area contributed by atoms with Gasteiger partial charge in [0.05, 0.1) is 0 Å². The van der Waals surface area contributed by atoms with Crippen LogP contribution in [0.25, 0.3) is 0 Å². The van der Waals surface area contributed by atoms with Gasteiger partial charge in [0.1, 0.15) is 5.56 Å². The fraction of sp³-hybridized carbons (Fsp3) is 0.824. The number of rotatable bonds is 16. The van der Waals surface area contributed by atoms with E-state index in [0.29, 0.717) is 5.92 Å². The van der Waals surface area contributed by atoms with Gasteiger partial charge in [0.15, 0.2) is 23.3 Å². The fourth-order valence-corrected chi connectivity index (χ4v) is 7.66. The van der Waals surface area contributed by atoms with E-state index in [1.54, 1.807) is 0 Å². The van der Waals surface area contributed by atoms with Gasteiger partial charge in [0, 0.05) is 5.56 Å². The van der Waals surface area contributed by atoms with Gasteiger partial charge in [0.25, 0.3) is 0 Å². The first kappa shape index (κ1) is 49.0. The third-order valence-corrected chi connectivity index (χ3v) is 11.2. The van der Waals surface area contributed by atoms with Crippen molar-refractivity contribution in [2.24, 2.45) is 17.8 Å². The largest absolute Gasteiger partial charge is 0.460 e. The lowest BCUT2D eigenvalue weighted by Gasteiger charge is -2.43. The Kier molecular flexibility index (Phi) is 13.9. The van der Waals surface area contributed by atoms with E-state index in [0.717, 1.165) is 64.2 Å². The van der Waals surface area contributed by atoms with Gasteiger partial charge in [-0.15, -0.1) is 0 Å². The molecule has 2 fully saturated rings. The van der Waals surface area contributed by atoms with Crippen LogP contribution in [0.1, 0.15) is 114 Å². The molecule has 1 aromatic rings. The summed E-state index contributed by atoms with van der Waals surface area (Å²) in [6, 6.07) is 0. The van der Waals surface area contributed by atoms with Gasteiger partial charge in [-0.2, -0.15) is 83.4 Å². The van der Waals surface area contributed by atoms with E-state index in [4.69, 9.17) is 0 Å². The van der Waals surface area contributed by atoms with Crippen LogP contribution in [-0.2, 0) is 5.92 Å². The average molecular weight is 881 g/mol. The third-order valence-electron chi connectivity index (χ3n) is 11.2. The molecule has 2 saturated carbocycles. The zero-order valence-electron chi connectivity index (χ0n) is 29.4. The molecule has 0 radical (unpaired) electrons. The highest BCUT2D eigenvalue weighted by Crippen LogP contribution is 2.66. The van der Waals surface area contributed by atoms with Gasteiger partial charge < -0.3 is 0 Å². The highest BCUT2D eigenvalue weighted by atomic mass is 19.4. The molecule has 3 rings (SSSR count). The first-order chi connectivity index (χ1) is 25.6. The highest BCUT2D eigenvalue weighted by Gasteiger charge is 2.97. The van der Waals surface area contributed by atoms with Crippen LogP contribution in [0.3, 0.4) is 0 Å². The first-order valence-electron chi connectivity index (χ1n) is 17.6. The summed E-state index contributed by atoms with van der Waals surface area (Å²) in [7, 11) is 0. The monoisotopic (exact) mass is 880 g/mol. The molecule has 0 nitrogen and oxygen atoms in total. The Balaban J connectivity index is 1.90. The summed E-state index contributed by atoms with van der Waals surface area (Å²) in [5, 5.41) is 0. The summed E-state index contributed by atoms with van der Waals surface area (Å²) in [5.74, 6) is -85.3. The molecule has 57 heavy (non-hydrogen) atoms. The van der Waals surface area contributed by atoms with E-state index in [1.807, 2.05) is 0 Å². The van der Waals surface area contributed by atoms with Gasteiger partial charge >= 0.3 is 53.6 Å². The Bertz CT molecular complexity index is 1500. The average Bonchev–Trinajstić information content (AvgIpc) is 3.10. The molecule has 23 heteroatoms. The number of hydrogen-bond donors (Lipinski definition) is 0. The van der Waals surface area contributed by atoms with E-state index >= 15 is 8.78 Å². The Hall–Kier alpha value is -2.39. The van der Waals surface area contributed by atoms with E-state index < -0.39 is 93.9 Å². The predicted molar refractivity (Wildman–Crippen MR) is 154 cm³/mol. The van der Waals surface area contributed by atoms with Crippen LogP contribution in [0, 0.1) is 41.0 Å². The van der Waals surface area contributed by atoms with Crippen LogP contribution >= 0.6 is 0 Å². The van der Waals surface area contributed by atoms with Crippen LogP contribution in [-0.4, -0.2) is 47.6 Å². The predicted octanol–water partition coefficient (Wildman–Crippen LogP) is 14.8. The molecule has 0 bridgehead atoms. The van der Waals surface area contributed by atoms with Crippen molar-refractivity contribution in [1.29, 1.82) is 0 Å². The smallest absolute Gasteiger partial charge is 0.203 e. The number of alkyl halides is 19. The second kappa shape index (κ2) is 16.2. The maximum Gasteiger partial charge on any atom is 0.460 e. The number of unbranched alkanes of at least 4 members (excludes halogenated alkanes) is 4. The van der Waals surface area contributed by atoms with Crippen molar-refractivity contribution in [3.63, 3.8) is 0 Å². The SMILES string of the molecule is CCCCCCCC1CCC(C2CCC(c3c(F)c(F)c(C(F)(F)C(F)(F)C(F)(F)C(F)(F)C(F)(F)C(F)(F)C(F)(F)C(F)(F)C(F)(F)F)c(F)c3F)CC2)CC1. The summed E-state index contributed by atoms with van der Waals surface area (Å²) in [4.78, 5) is 0. The van der Waals surface area contributed by atoms with Crippen LogP contribution < -0.4 is 0 Å². The van der Waals surface area contributed by atoms with Gasteiger partial charge in [-0.3, -0.25) is 0 Å². The van der Waals surface area contributed by atoms with Crippen molar-refractivity contribution in [3.05, 3.63) is 34.4 Å². The zero-order chi connectivity index (χ0) is 44.2. The summed E-state index contributed by atoms with van der Waals surface area (Å²) in [5.41, 5.74) is -5.95. The van der Waals surface area contributed by atoms with Gasteiger partial charge in [0.2, 0.25) is 0 Å². The molecule has 1 aromatic carbocycles. The first-order valence-corrected chi connectivity index (χ1v) is 17.6. The number of hydrogen-bond acceptors (Lipinski definition) is 0. The highest BCUT2D eigenvalue weighted by molar-refractivity contribution is 5.37. The van der Waals surface area contributed by atoms with Crippen LogP contribution in [0.4, 0.5) is 101 Å². The van der Waals surface area contributed by atoms with Crippen molar-refractivity contribution in [1.82, 2.24) is 0 Å². The molecule has 2 aliphatic carbocycles. The molecule has 0 heterocycles. The normalized spacial score (nSPS) is 22.9. The maximum atomic E-state index is 15.1. The standard InChI is InChI=1S/C34H35F23/c1-2-3-4-5-6-7-16-8-10-17(11-9-16)18-12-14-19(15-13-18)20-22(35)24(37)21(25(38)23(20)36)26(39,40)27(41,42)28(43,44)29(45,46)30(47,48)31(49,50)32(51,52)33(53,54)34(55,56)57/h16-19H,2-15H2,1H3. The molecule has 0 saturated heterocycles. The van der Waals surface area contributed by atoms with Gasteiger partial charge in [-0.1, -0.05) is 58.3 Å². The van der Waals surface area contributed by atoms with Crippen molar-refractivity contribution in [2.45, 2.75) is 156 Å². The lowest BCUT2D eigenvalue weighted by atomic mass is 9.67. The van der Waals surface area contributed by atoms with Crippen molar-refractivity contribution < 1.29 is 101 Å². The fourth-order valence-electron chi connectivity index (χ4n) is 7.66. The topological polar surface area (TPSA) is 0 Å². The summed E-state index contributed by atoms with van der Waals surface area (Å²) in [6.07, 6.45) is 1.34. The Morgan fingerprint density at radius 3 is 1.14 bits per heavy atom. The molecular weight excluding hydrogens is 845 g/mol. The lowest BCUT2D eigenvalue weighted by molar-refractivity contribution is -0.469. The van der Waals surface area contributed by atoms with Gasteiger partial charge in [-0.25, -0.2) is 17.6 Å². The van der Waals surface area contributed by atoms with Crippen LogP contribution in [0.2, 0.25) is 0 Å². The molecule has 0 spiro atoms. The molecule has 0 aromatic heterocycles. The summed E-state index contributed by atoms with van der Waals surface area (Å²) in [6.45, 7) is 2.08. The van der Waals surface area contributed by atoms with E-state index in [2.05, 4.69) is 6.92 Å². The van der Waals surface area contributed by atoms with Gasteiger partial charge in [-0.05, 0) is 62.2 Å². The molecule has 0 aliphatic heterocycles. The Labute approximate surface area is 309 Å². The molecule has 2 aliphatic rings. The molecular formula is C34H35F23. The number of benzene rings is 1. The quantitative estimate of drug-likeness (QED) is 0.0882. The summed E-state index contributed by atoms with van der Waals surface area (Å²) >= 11 is 0. The second-order valence-electron chi connectivity index (χ2n) is 14.7. The summed E-state index contributed by atoms with van der Waals surface area (Å²) < 4.78 is 321. The van der Waals surface area contributed by atoms with Crippen LogP contribution in [0.5, 0.6) is 0 Å². The van der Waals surface area contributed by atoms with Crippen LogP contribution in [0.15, 0.2) is 0 Å². The molecule has 0 N–H and O–H groups in total. The minimum absolute atomic E-state index is 0.0936. The van der Waals surface area contributed by atoms with E-state index in [9.17, 15) is 92.2 Å². The molecule has 332 valence electrons. The minimum atomic E-state index is -9.27. The lowest BCUT2D eigenvalue weighted by Crippen LogP contribution is -2.75. The Morgan fingerprint density at radius 1 is 0.404 bits per heavy atom. The molecule has 0 amide bonds. The Morgan fingerprint density at radius 2 is 0.754 bits per heavy atom. The third kappa shape index (κ3) is 7.88. The molecule has 0 atom stereocenters. The van der Waals surface area contributed by atoms with Crippen molar-refractivity contribution in [2.75, 3.05) is 0 Å². The maximum absolute atomic E-state index is 15.1. The van der Waals surface area contributed by atoms with E-state index in [-0.39, 0.29) is 37.5 Å². The second-order valence-corrected chi connectivity index (χ2v) is 14.7. The van der Waals surface area contributed by atoms with Crippen molar-refractivity contribution >= 4 is 0 Å².